The largest absolute Gasteiger partial charge is 0.350 e. The zero-order valence-electron chi connectivity index (χ0n) is 13.5. The molecule has 0 saturated carbocycles. The van der Waals surface area contributed by atoms with Crippen molar-refractivity contribution in [1.29, 1.82) is 0 Å². The molecule has 2 aromatic heterocycles. The molecule has 0 bridgehead atoms. The Morgan fingerprint density at radius 3 is 2.83 bits per heavy atom. The lowest BCUT2D eigenvalue weighted by atomic mass is 10.2. The van der Waals surface area contributed by atoms with E-state index in [2.05, 4.69) is 24.9 Å². The first kappa shape index (κ1) is 16.1. The SMILES string of the molecule is Cc1[nH]ncc1C(=O)NCCN(C)c1nc(-c2ccccc2)ns1. The zero-order valence-corrected chi connectivity index (χ0v) is 14.3. The van der Waals surface area contributed by atoms with Crippen LogP contribution in [-0.2, 0) is 0 Å². The van der Waals surface area contributed by atoms with Gasteiger partial charge in [-0.1, -0.05) is 30.3 Å². The topological polar surface area (TPSA) is 86.8 Å². The molecular weight excluding hydrogens is 324 g/mol. The summed E-state index contributed by atoms with van der Waals surface area (Å²) in [5.41, 5.74) is 2.33. The molecule has 0 aliphatic rings. The van der Waals surface area contributed by atoms with Gasteiger partial charge in [0.2, 0.25) is 5.13 Å². The van der Waals surface area contributed by atoms with E-state index in [1.165, 1.54) is 17.7 Å². The van der Waals surface area contributed by atoms with Crippen LogP contribution in [0.3, 0.4) is 0 Å². The zero-order chi connectivity index (χ0) is 16.9. The Bertz CT molecular complexity index is 813. The summed E-state index contributed by atoms with van der Waals surface area (Å²) in [6.07, 6.45) is 1.53. The normalized spacial score (nSPS) is 10.6. The fraction of sp³-hybridized carbons (Fsp3) is 0.250. The van der Waals surface area contributed by atoms with Gasteiger partial charge in [0, 0.05) is 42.9 Å². The Hall–Kier alpha value is -2.74. The van der Waals surface area contributed by atoms with Crippen molar-refractivity contribution in [2.45, 2.75) is 6.92 Å². The molecule has 0 saturated heterocycles. The Balaban J connectivity index is 1.54. The molecule has 3 rings (SSSR count). The highest BCUT2D eigenvalue weighted by Gasteiger charge is 2.12. The first-order chi connectivity index (χ1) is 11.6. The first-order valence-electron chi connectivity index (χ1n) is 7.53. The number of nitrogens with one attached hydrogen (secondary N) is 2. The summed E-state index contributed by atoms with van der Waals surface area (Å²) < 4.78 is 4.39. The van der Waals surface area contributed by atoms with Crippen LogP contribution in [0.1, 0.15) is 16.1 Å². The quantitative estimate of drug-likeness (QED) is 0.716. The predicted octanol–water partition coefficient (Wildman–Crippen LogP) is 2.10. The van der Waals surface area contributed by atoms with Crippen LogP contribution < -0.4 is 10.2 Å². The summed E-state index contributed by atoms with van der Waals surface area (Å²) in [6, 6.07) is 9.87. The molecule has 1 amide bonds. The van der Waals surface area contributed by atoms with Crippen molar-refractivity contribution in [3.8, 4) is 11.4 Å². The molecule has 0 aliphatic heterocycles. The van der Waals surface area contributed by atoms with E-state index in [1.54, 1.807) is 0 Å². The molecule has 0 unspecified atom stereocenters. The second kappa shape index (κ2) is 7.22. The van der Waals surface area contributed by atoms with Gasteiger partial charge < -0.3 is 10.2 Å². The number of aryl methyl sites for hydroxylation is 1. The van der Waals surface area contributed by atoms with Crippen LogP contribution in [0.5, 0.6) is 0 Å². The summed E-state index contributed by atoms with van der Waals surface area (Å²) in [5, 5.41) is 10.3. The molecule has 24 heavy (non-hydrogen) atoms. The van der Waals surface area contributed by atoms with Crippen LogP contribution in [-0.4, -0.2) is 45.6 Å². The number of likely N-dealkylation sites (N-methyl/N-ethyl adjacent to an activating group) is 1. The molecule has 0 fully saturated rings. The van der Waals surface area contributed by atoms with Gasteiger partial charge >= 0.3 is 0 Å². The first-order valence-corrected chi connectivity index (χ1v) is 8.31. The number of nitrogens with zero attached hydrogens (tertiary/aromatic N) is 4. The number of carbonyl (C=O) groups excluding carboxylic acids is 1. The molecule has 8 heteroatoms. The summed E-state index contributed by atoms with van der Waals surface area (Å²) in [5.74, 6) is 0.595. The lowest BCUT2D eigenvalue weighted by Crippen LogP contribution is -2.33. The molecule has 0 aliphatic carbocycles. The Kier molecular flexibility index (Phi) is 4.85. The number of H-pyrrole nitrogens is 1. The van der Waals surface area contributed by atoms with Crippen LogP contribution in [0, 0.1) is 6.92 Å². The molecule has 2 heterocycles. The van der Waals surface area contributed by atoms with Crippen LogP contribution >= 0.6 is 11.5 Å². The number of benzene rings is 1. The number of aromatic amines is 1. The van der Waals surface area contributed by atoms with E-state index in [0.717, 1.165) is 22.2 Å². The van der Waals surface area contributed by atoms with E-state index < -0.39 is 0 Å². The third-order valence-electron chi connectivity index (χ3n) is 3.58. The summed E-state index contributed by atoms with van der Waals surface area (Å²) >= 11 is 1.35. The maximum Gasteiger partial charge on any atom is 0.254 e. The molecule has 0 atom stereocenters. The Morgan fingerprint density at radius 2 is 2.12 bits per heavy atom. The van der Waals surface area contributed by atoms with Gasteiger partial charge in [-0.3, -0.25) is 9.89 Å². The van der Waals surface area contributed by atoms with Crippen molar-refractivity contribution < 1.29 is 4.79 Å². The fourth-order valence-corrected chi connectivity index (χ4v) is 2.85. The lowest BCUT2D eigenvalue weighted by Gasteiger charge is -2.15. The number of anilines is 1. The van der Waals surface area contributed by atoms with E-state index in [9.17, 15) is 4.79 Å². The molecule has 1 aromatic carbocycles. The molecule has 124 valence electrons. The molecule has 3 aromatic rings. The highest BCUT2D eigenvalue weighted by atomic mass is 32.1. The van der Waals surface area contributed by atoms with Crippen molar-refractivity contribution in [2.75, 3.05) is 25.0 Å². The molecule has 7 nitrogen and oxygen atoms in total. The Labute approximate surface area is 143 Å². The maximum absolute atomic E-state index is 12.0. The predicted molar refractivity (Wildman–Crippen MR) is 94.3 cm³/mol. The van der Waals surface area contributed by atoms with Gasteiger partial charge in [-0.25, -0.2) is 0 Å². The molecular formula is C16H18N6OS. The summed E-state index contributed by atoms with van der Waals surface area (Å²) in [6.45, 7) is 2.98. The number of hydrogen-bond donors (Lipinski definition) is 2. The second-order valence-corrected chi connectivity index (χ2v) is 6.08. The van der Waals surface area contributed by atoms with Gasteiger partial charge in [0.15, 0.2) is 5.82 Å². The highest BCUT2D eigenvalue weighted by Crippen LogP contribution is 2.22. The van der Waals surface area contributed by atoms with E-state index >= 15 is 0 Å². The van der Waals surface area contributed by atoms with Crippen molar-refractivity contribution in [2.24, 2.45) is 0 Å². The van der Waals surface area contributed by atoms with E-state index in [4.69, 9.17) is 0 Å². The molecule has 0 spiro atoms. The number of carbonyl (C=O) groups is 1. The smallest absolute Gasteiger partial charge is 0.254 e. The van der Waals surface area contributed by atoms with E-state index in [1.807, 2.05) is 49.2 Å². The lowest BCUT2D eigenvalue weighted by molar-refractivity contribution is 0.0954. The van der Waals surface area contributed by atoms with Crippen molar-refractivity contribution >= 4 is 22.6 Å². The summed E-state index contributed by atoms with van der Waals surface area (Å²) in [4.78, 5) is 18.5. The van der Waals surface area contributed by atoms with Crippen LogP contribution in [0.25, 0.3) is 11.4 Å². The minimum atomic E-state index is -0.128. The van der Waals surface area contributed by atoms with Crippen LogP contribution in [0.2, 0.25) is 0 Å². The minimum absolute atomic E-state index is 0.128. The van der Waals surface area contributed by atoms with Gasteiger partial charge in [0.1, 0.15) is 0 Å². The van der Waals surface area contributed by atoms with E-state index in [0.29, 0.717) is 18.7 Å². The maximum atomic E-state index is 12.0. The number of rotatable bonds is 6. The molecule has 0 radical (unpaired) electrons. The van der Waals surface area contributed by atoms with Gasteiger partial charge in [-0.05, 0) is 6.92 Å². The number of hydrogen-bond acceptors (Lipinski definition) is 6. The van der Waals surface area contributed by atoms with Crippen molar-refractivity contribution in [1.82, 2.24) is 24.9 Å². The number of amides is 1. The van der Waals surface area contributed by atoms with Gasteiger partial charge in [0.25, 0.3) is 5.91 Å². The van der Waals surface area contributed by atoms with Crippen LogP contribution in [0.4, 0.5) is 5.13 Å². The third-order valence-corrected chi connectivity index (χ3v) is 4.41. The summed E-state index contributed by atoms with van der Waals surface area (Å²) in [7, 11) is 1.94. The van der Waals surface area contributed by atoms with Crippen molar-refractivity contribution in [3.63, 3.8) is 0 Å². The molecule has 2 N–H and O–H groups in total. The van der Waals surface area contributed by atoms with E-state index in [-0.39, 0.29) is 5.91 Å². The third kappa shape index (κ3) is 3.60. The minimum Gasteiger partial charge on any atom is -0.350 e. The standard InChI is InChI=1S/C16H18N6OS/c1-11-13(10-18-20-11)15(23)17-8-9-22(2)16-19-14(21-24-16)12-6-4-3-5-7-12/h3-7,10H,8-9H2,1-2H3,(H,17,23)(H,18,20). The monoisotopic (exact) mass is 342 g/mol. The highest BCUT2D eigenvalue weighted by molar-refractivity contribution is 7.09. The van der Waals surface area contributed by atoms with Gasteiger partial charge in [0.05, 0.1) is 11.8 Å². The number of aromatic nitrogens is 4. The van der Waals surface area contributed by atoms with Crippen molar-refractivity contribution in [3.05, 3.63) is 47.8 Å². The average molecular weight is 342 g/mol. The fourth-order valence-electron chi connectivity index (χ4n) is 2.18. The second-order valence-electron chi connectivity index (χ2n) is 5.35. The Morgan fingerprint density at radius 1 is 1.33 bits per heavy atom. The van der Waals surface area contributed by atoms with Crippen LogP contribution in [0.15, 0.2) is 36.5 Å². The van der Waals surface area contributed by atoms with Gasteiger partial charge in [-0.15, -0.1) is 0 Å². The average Bonchev–Trinajstić information content (AvgIpc) is 3.24. The van der Waals surface area contributed by atoms with Gasteiger partial charge in [-0.2, -0.15) is 14.5 Å².